The van der Waals surface area contributed by atoms with Crippen LogP contribution in [0, 0.1) is 6.92 Å². The van der Waals surface area contributed by atoms with E-state index in [1.165, 1.54) is 5.56 Å². The molecule has 0 saturated carbocycles. The summed E-state index contributed by atoms with van der Waals surface area (Å²) in [6.45, 7) is 5.05. The Bertz CT molecular complexity index is 979. The number of carbonyl (C=O) groups is 1. The molecule has 1 fully saturated rings. The second kappa shape index (κ2) is 7.48. The van der Waals surface area contributed by atoms with Gasteiger partial charge in [-0.25, -0.2) is 4.98 Å². The van der Waals surface area contributed by atoms with Crippen LogP contribution in [0.1, 0.15) is 15.9 Å². The number of anilines is 1. The summed E-state index contributed by atoms with van der Waals surface area (Å²) < 4.78 is 7.60. The molecule has 0 spiro atoms. The molecule has 140 valence electrons. The van der Waals surface area contributed by atoms with Crippen molar-refractivity contribution in [3.05, 3.63) is 52.0 Å². The number of methoxy groups -OCH3 is 1. The zero-order valence-corrected chi connectivity index (χ0v) is 17.6. The number of rotatable bonds is 3. The van der Waals surface area contributed by atoms with Crippen molar-refractivity contribution in [2.75, 3.05) is 38.2 Å². The maximum atomic E-state index is 12.7. The van der Waals surface area contributed by atoms with Crippen LogP contribution in [0.4, 0.5) is 5.13 Å². The Balaban J connectivity index is 1.49. The van der Waals surface area contributed by atoms with E-state index in [9.17, 15) is 4.79 Å². The lowest BCUT2D eigenvalue weighted by molar-refractivity contribution is 0.0747. The van der Waals surface area contributed by atoms with Gasteiger partial charge in [-0.1, -0.05) is 33.3 Å². The van der Waals surface area contributed by atoms with Crippen molar-refractivity contribution in [3.63, 3.8) is 0 Å². The Morgan fingerprint density at radius 2 is 1.81 bits per heavy atom. The summed E-state index contributed by atoms with van der Waals surface area (Å²) in [6, 6.07) is 11.6. The molecule has 0 radical (unpaired) electrons. The molecule has 0 bridgehead atoms. The molecule has 1 aliphatic rings. The smallest absolute Gasteiger partial charge is 0.253 e. The molecule has 27 heavy (non-hydrogen) atoms. The van der Waals surface area contributed by atoms with Crippen LogP contribution < -0.4 is 9.64 Å². The molecular weight excluding hydrogens is 426 g/mol. The minimum atomic E-state index is 0.0870. The van der Waals surface area contributed by atoms with Gasteiger partial charge in [0.15, 0.2) is 5.13 Å². The average Bonchev–Trinajstić information content (AvgIpc) is 3.15. The first kappa shape index (κ1) is 18.3. The fourth-order valence-corrected chi connectivity index (χ4v) is 4.64. The lowest BCUT2D eigenvalue weighted by Gasteiger charge is -2.34. The number of hydrogen-bond acceptors (Lipinski definition) is 5. The van der Waals surface area contributed by atoms with Gasteiger partial charge in [0.05, 0.1) is 11.8 Å². The number of benzene rings is 2. The number of aromatic nitrogens is 1. The molecule has 0 N–H and O–H groups in total. The monoisotopic (exact) mass is 445 g/mol. The first-order chi connectivity index (χ1) is 13.1. The Labute approximate surface area is 170 Å². The summed E-state index contributed by atoms with van der Waals surface area (Å²) >= 11 is 5.10. The van der Waals surface area contributed by atoms with Crippen molar-refractivity contribution < 1.29 is 9.53 Å². The van der Waals surface area contributed by atoms with Crippen molar-refractivity contribution in [2.24, 2.45) is 0 Å². The highest BCUT2D eigenvalue weighted by atomic mass is 79.9. The van der Waals surface area contributed by atoms with Crippen LogP contribution in [0.5, 0.6) is 5.75 Å². The quantitative estimate of drug-likeness (QED) is 0.601. The van der Waals surface area contributed by atoms with Gasteiger partial charge in [-0.3, -0.25) is 4.79 Å². The molecule has 2 heterocycles. The number of fused-ring (bicyclic) bond motifs is 1. The van der Waals surface area contributed by atoms with E-state index in [1.54, 1.807) is 18.4 Å². The van der Waals surface area contributed by atoms with Gasteiger partial charge in [0.1, 0.15) is 11.3 Å². The van der Waals surface area contributed by atoms with Crippen molar-refractivity contribution in [1.29, 1.82) is 0 Å². The molecule has 1 aromatic heterocycles. The SMILES string of the molecule is COc1ccc(C)c2sc(N3CCN(C(=O)c4ccc(Br)cc4)CC3)nc12. The number of halogens is 1. The topological polar surface area (TPSA) is 45.7 Å². The maximum Gasteiger partial charge on any atom is 0.253 e. The molecule has 1 aliphatic heterocycles. The zero-order valence-electron chi connectivity index (χ0n) is 15.2. The third-order valence-corrected chi connectivity index (χ3v) is 6.62. The Morgan fingerprint density at radius 1 is 1.11 bits per heavy atom. The second-order valence-corrected chi connectivity index (χ2v) is 8.44. The average molecular weight is 446 g/mol. The largest absolute Gasteiger partial charge is 0.494 e. The molecule has 1 saturated heterocycles. The van der Waals surface area contributed by atoms with Crippen LogP contribution in [0.3, 0.4) is 0 Å². The summed E-state index contributed by atoms with van der Waals surface area (Å²) in [5.74, 6) is 0.895. The van der Waals surface area contributed by atoms with Gasteiger partial charge in [-0.2, -0.15) is 0 Å². The van der Waals surface area contributed by atoms with Crippen LogP contribution in [-0.4, -0.2) is 49.1 Å². The van der Waals surface area contributed by atoms with E-state index >= 15 is 0 Å². The second-order valence-electron chi connectivity index (χ2n) is 6.55. The predicted molar refractivity (Wildman–Crippen MR) is 113 cm³/mol. The van der Waals surface area contributed by atoms with Gasteiger partial charge in [0, 0.05) is 36.2 Å². The first-order valence-corrected chi connectivity index (χ1v) is 10.4. The highest BCUT2D eigenvalue weighted by Gasteiger charge is 2.24. The molecular formula is C20H20BrN3O2S. The highest BCUT2D eigenvalue weighted by molar-refractivity contribution is 9.10. The minimum absolute atomic E-state index is 0.0870. The fourth-order valence-electron chi connectivity index (χ4n) is 3.27. The highest BCUT2D eigenvalue weighted by Crippen LogP contribution is 2.36. The molecule has 0 atom stereocenters. The van der Waals surface area contributed by atoms with E-state index in [1.807, 2.05) is 35.2 Å². The van der Waals surface area contributed by atoms with Gasteiger partial charge in [-0.05, 0) is 42.8 Å². The van der Waals surface area contributed by atoms with E-state index in [0.29, 0.717) is 13.1 Å². The standard InChI is InChI=1S/C20H20BrN3O2S/c1-13-3-8-16(26-2)17-18(13)27-20(22-17)24-11-9-23(10-12-24)19(25)14-4-6-15(21)7-5-14/h3-8H,9-12H2,1-2H3. The van der Waals surface area contributed by atoms with Crippen LogP contribution in [0.2, 0.25) is 0 Å². The van der Waals surface area contributed by atoms with E-state index in [4.69, 9.17) is 9.72 Å². The summed E-state index contributed by atoms with van der Waals surface area (Å²) in [4.78, 5) is 21.7. The minimum Gasteiger partial charge on any atom is -0.494 e. The summed E-state index contributed by atoms with van der Waals surface area (Å²) in [5.41, 5.74) is 2.86. The molecule has 0 unspecified atom stereocenters. The Kier molecular flexibility index (Phi) is 5.06. The van der Waals surface area contributed by atoms with Crippen LogP contribution in [-0.2, 0) is 0 Å². The van der Waals surface area contributed by atoms with Crippen LogP contribution >= 0.6 is 27.3 Å². The van der Waals surface area contributed by atoms with Crippen molar-refractivity contribution in [1.82, 2.24) is 9.88 Å². The van der Waals surface area contributed by atoms with E-state index < -0.39 is 0 Å². The van der Waals surface area contributed by atoms with Crippen molar-refractivity contribution in [3.8, 4) is 5.75 Å². The van der Waals surface area contributed by atoms with Gasteiger partial charge in [-0.15, -0.1) is 0 Å². The summed E-state index contributed by atoms with van der Waals surface area (Å²) in [5, 5.41) is 0.994. The van der Waals surface area contributed by atoms with E-state index in [0.717, 1.165) is 44.2 Å². The Hall–Kier alpha value is -2.12. The van der Waals surface area contributed by atoms with E-state index in [-0.39, 0.29) is 5.91 Å². The van der Waals surface area contributed by atoms with Crippen LogP contribution in [0.15, 0.2) is 40.9 Å². The predicted octanol–water partition coefficient (Wildman–Crippen LogP) is 4.34. The van der Waals surface area contributed by atoms with Gasteiger partial charge < -0.3 is 14.5 Å². The number of nitrogens with zero attached hydrogens (tertiary/aromatic N) is 3. The number of thiazole rings is 1. The molecule has 1 amide bonds. The third kappa shape index (κ3) is 3.53. The molecule has 4 rings (SSSR count). The number of aryl methyl sites for hydroxylation is 1. The number of hydrogen-bond donors (Lipinski definition) is 0. The van der Waals surface area contributed by atoms with Gasteiger partial charge >= 0.3 is 0 Å². The number of ether oxygens (including phenoxy) is 1. The molecule has 5 nitrogen and oxygen atoms in total. The molecule has 0 aliphatic carbocycles. The fraction of sp³-hybridized carbons (Fsp3) is 0.300. The van der Waals surface area contributed by atoms with Gasteiger partial charge in [0.25, 0.3) is 5.91 Å². The van der Waals surface area contributed by atoms with Crippen molar-refractivity contribution in [2.45, 2.75) is 6.92 Å². The number of piperazine rings is 1. The first-order valence-electron chi connectivity index (χ1n) is 8.81. The van der Waals surface area contributed by atoms with Crippen LogP contribution in [0.25, 0.3) is 10.2 Å². The van der Waals surface area contributed by atoms with E-state index in [2.05, 4.69) is 33.8 Å². The normalized spacial score (nSPS) is 14.6. The number of amides is 1. The summed E-state index contributed by atoms with van der Waals surface area (Å²) in [7, 11) is 1.68. The lowest BCUT2D eigenvalue weighted by atomic mass is 10.2. The van der Waals surface area contributed by atoms with Crippen molar-refractivity contribution >= 4 is 48.5 Å². The summed E-state index contributed by atoms with van der Waals surface area (Å²) in [6.07, 6.45) is 0. The Morgan fingerprint density at radius 3 is 2.48 bits per heavy atom. The number of carbonyl (C=O) groups excluding carboxylic acids is 1. The molecule has 7 heteroatoms. The maximum absolute atomic E-state index is 12.7. The van der Waals surface area contributed by atoms with Gasteiger partial charge in [0.2, 0.25) is 0 Å². The lowest BCUT2D eigenvalue weighted by Crippen LogP contribution is -2.48. The molecule has 3 aromatic rings. The zero-order chi connectivity index (χ0) is 19.0. The third-order valence-electron chi connectivity index (χ3n) is 4.84. The molecule has 2 aromatic carbocycles.